The predicted octanol–water partition coefficient (Wildman–Crippen LogP) is 1.47. The van der Waals surface area contributed by atoms with Crippen LogP contribution in [-0.2, 0) is 5.41 Å². The van der Waals surface area contributed by atoms with E-state index in [0.29, 0.717) is 0 Å². The fraction of sp³-hybridized carbons (Fsp3) is 0.444. The van der Waals surface area contributed by atoms with Gasteiger partial charge in [-0.1, -0.05) is 20.8 Å². The van der Waals surface area contributed by atoms with Gasteiger partial charge in [-0.2, -0.15) is 0 Å². The fourth-order valence-electron chi connectivity index (χ4n) is 0.879. The van der Waals surface area contributed by atoms with E-state index in [2.05, 4.69) is 9.97 Å². The van der Waals surface area contributed by atoms with Crippen LogP contribution in [0.3, 0.4) is 0 Å². The summed E-state index contributed by atoms with van der Waals surface area (Å²) >= 11 is 0. The van der Waals surface area contributed by atoms with Crippen molar-refractivity contribution in [3.63, 3.8) is 0 Å². The van der Waals surface area contributed by atoms with Crippen molar-refractivity contribution in [2.45, 2.75) is 26.2 Å². The van der Waals surface area contributed by atoms with Gasteiger partial charge in [0.1, 0.15) is 0 Å². The highest BCUT2D eigenvalue weighted by Crippen LogP contribution is 2.18. The zero-order chi connectivity index (χ0) is 10.1. The average Bonchev–Trinajstić information content (AvgIpc) is 2.03. The molecule has 0 aromatic carbocycles. The van der Waals surface area contributed by atoms with E-state index in [9.17, 15) is 4.79 Å². The Balaban J connectivity index is 3.13. The minimum Gasteiger partial charge on any atom is -0.475 e. The lowest BCUT2D eigenvalue weighted by molar-refractivity contribution is 0.0683. The van der Waals surface area contributed by atoms with Crippen LogP contribution in [0.1, 0.15) is 37.1 Å². The lowest BCUT2D eigenvalue weighted by Gasteiger charge is -2.16. The normalized spacial score (nSPS) is 11.3. The molecule has 0 saturated carbocycles. The number of aromatic carboxylic acids is 1. The van der Waals surface area contributed by atoms with Crippen molar-refractivity contribution in [1.29, 1.82) is 0 Å². The van der Waals surface area contributed by atoms with E-state index in [4.69, 9.17) is 5.11 Å². The summed E-state index contributed by atoms with van der Waals surface area (Å²) in [4.78, 5) is 18.1. The van der Waals surface area contributed by atoms with Gasteiger partial charge in [0.25, 0.3) is 0 Å². The van der Waals surface area contributed by atoms with Crippen molar-refractivity contribution in [2.75, 3.05) is 0 Å². The molecule has 1 aromatic rings. The second kappa shape index (κ2) is 3.12. The number of carboxylic acids is 1. The standard InChI is InChI=1S/C9H12N2O2/c1-9(2,3)6-4-5-10-7(11-6)8(12)13/h4-5H,1-3H3,(H,12,13). The first-order valence-electron chi connectivity index (χ1n) is 3.98. The number of aromatic nitrogens is 2. The number of hydrogen-bond donors (Lipinski definition) is 1. The highest BCUT2D eigenvalue weighted by molar-refractivity contribution is 5.82. The van der Waals surface area contributed by atoms with Gasteiger partial charge >= 0.3 is 5.97 Å². The van der Waals surface area contributed by atoms with E-state index in [1.165, 1.54) is 6.20 Å². The Morgan fingerprint density at radius 2 is 2.08 bits per heavy atom. The maximum absolute atomic E-state index is 10.6. The Kier molecular flexibility index (Phi) is 2.32. The summed E-state index contributed by atoms with van der Waals surface area (Å²) in [6.07, 6.45) is 1.47. The Morgan fingerprint density at radius 3 is 2.54 bits per heavy atom. The number of rotatable bonds is 1. The van der Waals surface area contributed by atoms with Gasteiger partial charge < -0.3 is 5.11 Å². The lowest BCUT2D eigenvalue weighted by atomic mass is 9.92. The Bertz CT molecular complexity index is 329. The number of carbonyl (C=O) groups is 1. The Labute approximate surface area is 76.7 Å². The number of hydrogen-bond acceptors (Lipinski definition) is 3. The van der Waals surface area contributed by atoms with Crippen LogP contribution in [0.2, 0.25) is 0 Å². The summed E-state index contributed by atoms with van der Waals surface area (Å²) in [5.74, 6) is -1.24. The molecule has 1 N–H and O–H groups in total. The van der Waals surface area contributed by atoms with Gasteiger partial charge in [-0.3, -0.25) is 0 Å². The van der Waals surface area contributed by atoms with Crippen molar-refractivity contribution in [3.8, 4) is 0 Å². The average molecular weight is 180 g/mol. The third kappa shape index (κ3) is 2.24. The van der Waals surface area contributed by atoms with Crippen LogP contribution < -0.4 is 0 Å². The molecule has 0 amide bonds. The molecular weight excluding hydrogens is 168 g/mol. The highest BCUT2D eigenvalue weighted by Gasteiger charge is 2.17. The zero-order valence-corrected chi connectivity index (χ0v) is 7.90. The predicted molar refractivity (Wildman–Crippen MR) is 47.7 cm³/mol. The van der Waals surface area contributed by atoms with E-state index in [0.717, 1.165) is 5.69 Å². The maximum Gasteiger partial charge on any atom is 0.373 e. The Morgan fingerprint density at radius 1 is 1.46 bits per heavy atom. The molecule has 1 rings (SSSR count). The van der Waals surface area contributed by atoms with Gasteiger partial charge in [0.15, 0.2) is 0 Å². The first-order chi connectivity index (χ1) is 5.91. The van der Waals surface area contributed by atoms with Crippen LogP contribution >= 0.6 is 0 Å². The first kappa shape index (κ1) is 9.64. The molecule has 0 aliphatic carbocycles. The molecule has 4 heteroatoms. The maximum atomic E-state index is 10.6. The summed E-state index contributed by atoms with van der Waals surface area (Å²) in [5.41, 5.74) is 0.590. The SMILES string of the molecule is CC(C)(C)c1ccnc(C(=O)O)n1. The van der Waals surface area contributed by atoms with Gasteiger partial charge in [0.05, 0.1) is 5.69 Å². The molecule has 1 aromatic heterocycles. The largest absolute Gasteiger partial charge is 0.475 e. The number of carboxylic acid groups (broad SMARTS) is 1. The lowest BCUT2D eigenvalue weighted by Crippen LogP contribution is -2.16. The third-order valence-corrected chi connectivity index (χ3v) is 1.62. The van der Waals surface area contributed by atoms with E-state index in [-0.39, 0.29) is 11.2 Å². The molecule has 1 heterocycles. The second-order valence-corrected chi connectivity index (χ2v) is 3.82. The molecule has 0 unspecified atom stereocenters. The molecule has 0 radical (unpaired) electrons. The minimum atomic E-state index is -1.09. The summed E-state index contributed by atoms with van der Waals surface area (Å²) < 4.78 is 0. The summed E-state index contributed by atoms with van der Waals surface area (Å²) in [6.45, 7) is 5.92. The van der Waals surface area contributed by atoms with Crippen LogP contribution in [0, 0.1) is 0 Å². The van der Waals surface area contributed by atoms with Gasteiger partial charge in [-0.05, 0) is 6.07 Å². The monoisotopic (exact) mass is 180 g/mol. The summed E-state index contributed by atoms with van der Waals surface area (Å²) in [7, 11) is 0. The number of nitrogens with zero attached hydrogens (tertiary/aromatic N) is 2. The molecule has 0 fully saturated rings. The van der Waals surface area contributed by atoms with Gasteiger partial charge in [-0.25, -0.2) is 14.8 Å². The van der Waals surface area contributed by atoms with E-state index >= 15 is 0 Å². The van der Waals surface area contributed by atoms with E-state index < -0.39 is 5.97 Å². The van der Waals surface area contributed by atoms with Crippen molar-refractivity contribution < 1.29 is 9.90 Å². The molecule has 0 aliphatic rings. The smallest absolute Gasteiger partial charge is 0.373 e. The molecule has 0 aliphatic heterocycles. The summed E-state index contributed by atoms with van der Waals surface area (Å²) in [5, 5.41) is 8.65. The fourth-order valence-corrected chi connectivity index (χ4v) is 0.879. The molecule has 70 valence electrons. The molecule has 0 bridgehead atoms. The van der Waals surface area contributed by atoms with Crippen molar-refractivity contribution in [1.82, 2.24) is 9.97 Å². The van der Waals surface area contributed by atoms with E-state index in [1.54, 1.807) is 6.07 Å². The third-order valence-electron chi connectivity index (χ3n) is 1.62. The Hall–Kier alpha value is -1.45. The van der Waals surface area contributed by atoms with Crippen LogP contribution in [0.15, 0.2) is 12.3 Å². The molecule has 0 saturated heterocycles. The quantitative estimate of drug-likeness (QED) is 0.710. The van der Waals surface area contributed by atoms with Crippen LogP contribution in [0.4, 0.5) is 0 Å². The van der Waals surface area contributed by atoms with Crippen molar-refractivity contribution in [2.24, 2.45) is 0 Å². The second-order valence-electron chi connectivity index (χ2n) is 3.82. The highest BCUT2D eigenvalue weighted by atomic mass is 16.4. The molecular formula is C9H12N2O2. The van der Waals surface area contributed by atoms with Crippen LogP contribution in [0.5, 0.6) is 0 Å². The van der Waals surface area contributed by atoms with Gasteiger partial charge in [0.2, 0.25) is 5.82 Å². The van der Waals surface area contributed by atoms with Crippen molar-refractivity contribution in [3.05, 3.63) is 23.8 Å². The minimum absolute atomic E-state index is 0.146. The van der Waals surface area contributed by atoms with E-state index in [1.807, 2.05) is 20.8 Å². The molecule has 13 heavy (non-hydrogen) atoms. The first-order valence-corrected chi connectivity index (χ1v) is 3.98. The molecule has 0 spiro atoms. The summed E-state index contributed by atoms with van der Waals surface area (Å²) in [6, 6.07) is 1.73. The van der Waals surface area contributed by atoms with Crippen LogP contribution in [0.25, 0.3) is 0 Å². The molecule has 0 atom stereocenters. The van der Waals surface area contributed by atoms with Crippen molar-refractivity contribution >= 4 is 5.97 Å². The van der Waals surface area contributed by atoms with Gasteiger partial charge in [-0.15, -0.1) is 0 Å². The van der Waals surface area contributed by atoms with Gasteiger partial charge in [0, 0.05) is 11.6 Å². The molecule has 4 nitrogen and oxygen atoms in total. The van der Waals surface area contributed by atoms with Crippen LogP contribution in [-0.4, -0.2) is 21.0 Å². The topological polar surface area (TPSA) is 63.1 Å². The zero-order valence-electron chi connectivity index (χ0n) is 7.90.